The summed E-state index contributed by atoms with van der Waals surface area (Å²) in [6, 6.07) is 5.14. The van der Waals surface area contributed by atoms with Crippen LogP contribution >= 0.6 is 0 Å². The van der Waals surface area contributed by atoms with Crippen molar-refractivity contribution >= 4 is 10.0 Å². The van der Waals surface area contributed by atoms with Gasteiger partial charge in [0.15, 0.2) is 11.5 Å². The molecule has 9 nitrogen and oxygen atoms in total. The van der Waals surface area contributed by atoms with Crippen molar-refractivity contribution in [3.8, 4) is 11.5 Å². The number of ether oxygens (including phenoxy) is 2. The van der Waals surface area contributed by atoms with E-state index in [2.05, 4.69) is 20.2 Å². The van der Waals surface area contributed by atoms with Gasteiger partial charge in [0.1, 0.15) is 0 Å². The highest BCUT2D eigenvalue weighted by atomic mass is 32.2. The lowest BCUT2D eigenvalue weighted by atomic mass is 10.2. The predicted octanol–water partition coefficient (Wildman–Crippen LogP) is 0.883. The monoisotopic (exact) mass is 380 g/mol. The number of benzene rings is 1. The quantitative estimate of drug-likeness (QED) is 0.759. The van der Waals surface area contributed by atoms with E-state index in [0.717, 1.165) is 5.56 Å². The van der Waals surface area contributed by atoms with Gasteiger partial charge in [-0.3, -0.25) is 0 Å². The van der Waals surface area contributed by atoms with E-state index in [1.807, 2.05) is 13.0 Å². The summed E-state index contributed by atoms with van der Waals surface area (Å²) >= 11 is 0. The minimum absolute atomic E-state index is 0.190. The maximum atomic E-state index is 12.6. The van der Waals surface area contributed by atoms with E-state index in [-0.39, 0.29) is 19.4 Å². The van der Waals surface area contributed by atoms with Crippen LogP contribution < -0.4 is 19.5 Å². The fraction of sp³-hybridized carbons (Fsp3) is 0.500. The molecule has 26 heavy (non-hydrogen) atoms. The Morgan fingerprint density at radius 1 is 1.27 bits per heavy atom. The van der Waals surface area contributed by atoms with Crippen LogP contribution in [0.15, 0.2) is 22.6 Å². The summed E-state index contributed by atoms with van der Waals surface area (Å²) in [5.74, 6) is 2.29. The fourth-order valence-corrected chi connectivity index (χ4v) is 4.40. The lowest BCUT2D eigenvalue weighted by molar-refractivity contribution is 0.174. The number of nitrogens with one attached hydrogen (secondary N) is 2. The molecule has 0 bridgehead atoms. The molecule has 2 N–H and O–H groups in total. The molecule has 0 amide bonds. The number of rotatable bonds is 6. The Morgan fingerprint density at radius 2 is 2.12 bits per heavy atom. The second-order valence-corrected chi connectivity index (χ2v) is 8.31. The van der Waals surface area contributed by atoms with Crippen LogP contribution in [0, 0.1) is 0 Å². The first-order valence-electron chi connectivity index (χ1n) is 8.48. The summed E-state index contributed by atoms with van der Waals surface area (Å²) in [5.41, 5.74) is 0.810. The number of sulfonamides is 1. The highest BCUT2D eigenvalue weighted by Gasteiger charge is 2.36. The molecule has 0 aliphatic carbocycles. The average Bonchev–Trinajstić information content (AvgIpc) is 3.38. The molecule has 0 saturated carbocycles. The van der Waals surface area contributed by atoms with Crippen LogP contribution in [0.1, 0.15) is 36.7 Å². The van der Waals surface area contributed by atoms with Gasteiger partial charge in [-0.2, -0.15) is 0 Å². The summed E-state index contributed by atoms with van der Waals surface area (Å²) in [6.45, 7) is 2.65. The topological polar surface area (TPSA) is 116 Å². The van der Waals surface area contributed by atoms with E-state index in [0.29, 0.717) is 42.7 Å². The fourth-order valence-electron chi connectivity index (χ4n) is 3.03. The van der Waals surface area contributed by atoms with Gasteiger partial charge in [-0.1, -0.05) is 13.0 Å². The van der Waals surface area contributed by atoms with Gasteiger partial charge in [0, 0.05) is 19.5 Å². The van der Waals surface area contributed by atoms with E-state index in [4.69, 9.17) is 13.9 Å². The summed E-state index contributed by atoms with van der Waals surface area (Å²) in [6.07, 6.45) is 1.04. The molecule has 2 aliphatic heterocycles. The smallest absolute Gasteiger partial charge is 0.233 e. The highest BCUT2D eigenvalue weighted by Crippen LogP contribution is 2.32. The summed E-state index contributed by atoms with van der Waals surface area (Å²) in [5, 5.41) is 10.5. The number of nitrogens with zero attached hydrogens (tertiary/aromatic N) is 2. The summed E-state index contributed by atoms with van der Waals surface area (Å²) < 4.78 is 44.0. The van der Waals surface area contributed by atoms with Gasteiger partial charge in [-0.05, 0) is 24.1 Å². The van der Waals surface area contributed by atoms with Crippen LogP contribution in [-0.2, 0) is 23.0 Å². The minimum Gasteiger partial charge on any atom is -0.454 e. The van der Waals surface area contributed by atoms with Crippen molar-refractivity contribution in [3.63, 3.8) is 0 Å². The second kappa shape index (κ2) is 6.86. The third-order valence-corrected chi connectivity index (χ3v) is 6.31. The molecule has 10 heteroatoms. The van der Waals surface area contributed by atoms with Crippen molar-refractivity contribution < 1.29 is 22.3 Å². The standard InChI is InChI=1S/C16H20N4O5S/c1-2-15-19-20-16(25-15)12-6-11(8-17-12)26(21,22)18-7-10-3-4-13-14(5-10)24-9-23-13/h3-5,11-12,17-18H,2,6-9H2,1H3. The second-order valence-electron chi connectivity index (χ2n) is 6.26. The van der Waals surface area contributed by atoms with Crippen molar-refractivity contribution in [1.29, 1.82) is 0 Å². The maximum Gasteiger partial charge on any atom is 0.233 e. The van der Waals surface area contributed by atoms with E-state index in [9.17, 15) is 8.42 Å². The molecule has 3 heterocycles. The van der Waals surface area contributed by atoms with Crippen molar-refractivity contribution in [2.75, 3.05) is 13.3 Å². The molecule has 0 spiro atoms. The van der Waals surface area contributed by atoms with Gasteiger partial charge in [-0.25, -0.2) is 13.1 Å². The zero-order chi connectivity index (χ0) is 18.1. The normalized spacial score (nSPS) is 22.0. The third kappa shape index (κ3) is 3.39. The van der Waals surface area contributed by atoms with Crippen molar-refractivity contribution in [2.24, 2.45) is 0 Å². The van der Waals surface area contributed by atoms with Gasteiger partial charge in [0.2, 0.25) is 28.6 Å². The number of fused-ring (bicyclic) bond motifs is 1. The van der Waals surface area contributed by atoms with Gasteiger partial charge < -0.3 is 19.2 Å². The van der Waals surface area contributed by atoms with E-state index in [1.165, 1.54) is 0 Å². The zero-order valence-corrected chi connectivity index (χ0v) is 15.1. The number of hydrogen-bond acceptors (Lipinski definition) is 8. The molecule has 1 aromatic heterocycles. The Kier molecular flexibility index (Phi) is 4.55. The molecule has 0 radical (unpaired) electrons. The Balaban J connectivity index is 1.38. The first-order chi connectivity index (χ1) is 12.5. The Labute approximate surface area is 151 Å². The third-order valence-electron chi connectivity index (χ3n) is 4.53. The molecular formula is C16H20N4O5S. The van der Waals surface area contributed by atoms with Crippen LogP contribution in [0.4, 0.5) is 0 Å². The Hall–Kier alpha value is -2.17. The number of aryl methyl sites for hydroxylation is 1. The van der Waals surface area contributed by atoms with Crippen molar-refractivity contribution in [2.45, 2.75) is 37.6 Å². The molecule has 1 saturated heterocycles. The molecule has 1 aromatic carbocycles. The summed E-state index contributed by atoms with van der Waals surface area (Å²) in [7, 11) is -3.49. The van der Waals surface area contributed by atoms with Gasteiger partial charge in [-0.15, -0.1) is 10.2 Å². The largest absolute Gasteiger partial charge is 0.454 e. The molecule has 2 unspecified atom stereocenters. The minimum atomic E-state index is -3.49. The van der Waals surface area contributed by atoms with Crippen LogP contribution in [-0.4, -0.2) is 37.2 Å². The molecule has 2 aromatic rings. The van der Waals surface area contributed by atoms with Gasteiger partial charge in [0.05, 0.1) is 11.3 Å². The lowest BCUT2D eigenvalue weighted by Crippen LogP contribution is -2.35. The molecule has 2 aliphatic rings. The Morgan fingerprint density at radius 3 is 2.92 bits per heavy atom. The predicted molar refractivity (Wildman–Crippen MR) is 91.1 cm³/mol. The maximum absolute atomic E-state index is 12.6. The van der Waals surface area contributed by atoms with Crippen LogP contribution in [0.25, 0.3) is 0 Å². The molecule has 140 valence electrons. The van der Waals surface area contributed by atoms with Crippen LogP contribution in [0.5, 0.6) is 11.5 Å². The number of aromatic nitrogens is 2. The average molecular weight is 380 g/mol. The Bertz CT molecular complexity index is 898. The molecular weight excluding hydrogens is 360 g/mol. The summed E-state index contributed by atoms with van der Waals surface area (Å²) in [4.78, 5) is 0. The van der Waals surface area contributed by atoms with Crippen LogP contribution in [0.3, 0.4) is 0 Å². The van der Waals surface area contributed by atoms with E-state index < -0.39 is 15.3 Å². The zero-order valence-electron chi connectivity index (χ0n) is 14.3. The molecule has 2 atom stereocenters. The van der Waals surface area contributed by atoms with Crippen molar-refractivity contribution in [1.82, 2.24) is 20.2 Å². The van der Waals surface area contributed by atoms with E-state index >= 15 is 0 Å². The first-order valence-corrected chi connectivity index (χ1v) is 10.0. The highest BCUT2D eigenvalue weighted by molar-refractivity contribution is 7.90. The first kappa shape index (κ1) is 17.3. The lowest BCUT2D eigenvalue weighted by Gasteiger charge is -2.12. The molecule has 4 rings (SSSR count). The molecule has 1 fully saturated rings. The van der Waals surface area contributed by atoms with E-state index in [1.54, 1.807) is 12.1 Å². The van der Waals surface area contributed by atoms with Gasteiger partial charge >= 0.3 is 0 Å². The van der Waals surface area contributed by atoms with Crippen LogP contribution in [0.2, 0.25) is 0 Å². The van der Waals surface area contributed by atoms with Crippen molar-refractivity contribution in [3.05, 3.63) is 35.5 Å². The number of hydrogen-bond donors (Lipinski definition) is 2. The van der Waals surface area contributed by atoms with Gasteiger partial charge in [0.25, 0.3) is 0 Å². The SMILES string of the molecule is CCc1nnc(C2CC(S(=O)(=O)NCc3ccc4c(c3)OCO4)CN2)o1.